The van der Waals surface area contributed by atoms with Crippen molar-refractivity contribution in [2.75, 3.05) is 0 Å². The van der Waals surface area contributed by atoms with Gasteiger partial charge >= 0.3 is 0 Å². The van der Waals surface area contributed by atoms with Crippen molar-refractivity contribution in [1.29, 1.82) is 0 Å². The minimum atomic E-state index is 0.192. The molecule has 1 aliphatic rings. The van der Waals surface area contributed by atoms with Crippen LogP contribution < -0.4 is 4.57 Å². The second-order valence-electron chi connectivity index (χ2n) is 14.2. The Morgan fingerprint density at radius 2 is 1.48 bits per heavy atom. The normalized spacial score (nSPS) is 13.6. The van der Waals surface area contributed by atoms with Gasteiger partial charge in [-0.15, -0.1) is 11.3 Å². The van der Waals surface area contributed by atoms with Crippen molar-refractivity contribution in [3.05, 3.63) is 77.5 Å². The Morgan fingerprint density at radius 3 is 2.20 bits per heavy atom. The van der Waals surface area contributed by atoms with Crippen LogP contribution in [0, 0.1) is 17.8 Å². The minimum Gasteiger partial charge on any atom is -0.200 e. The number of pyridine rings is 1. The van der Waals surface area contributed by atoms with Crippen molar-refractivity contribution in [3.63, 3.8) is 0 Å². The molecule has 40 heavy (non-hydrogen) atoms. The monoisotopic (exact) mass is 560 g/mol. The summed E-state index contributed by atoms with van der Waals surface area (Å²) in [6.45, 7) is 16.4. The van der Waals surface area contributed by atoms with E-state index in [0.29, 0.717) is 0 Å². The quantitative estimate of drug-likeness (QED) is 0.190. The Kier molecular flexibility index (Phi) is 5.74. The van der Waals surface area contributed by atoms with E-state index in [0.717, 1.165) is 12.8 Å². The van der Waals surface area contributed by atoms with Gasteiger partial charge in [0.15, 0.2) is 6.20 Å². The van der Waals surface area contributed by atoms with Gasteiger partial charge in [-0.2, -0.15) is 0 Å². The predicted octanol–water partition coefficient (Wildman–Crippen LogP) is 10.8. The fourth-order valence-electron chi connectivity index (χ4n) is 6.77. The summed E-state index contributed by atoms with van der Waals surface area (Å²) >= 11 is 3.97. The molecule has 0 saturated carbocycles. The molecule has 1 aliphatic heterocycles. The highest BCUT2D eigenvalue weighted by atomic mass is 32.2. The summed E-state index contributed by atoms with van der Waals surface area (Å²) in [5, 5.41) is 8.41. The first-order valence-electron chi connectivity index (χ1n) is 14.4. The van der Waals surface area contributed by atoms with Crippen molar-refractivity contribution in [3.8, 4) is 11.3 Å². The van der Waals surface area contributed by atoms with E-state index in [-0.39, 0.29) is 10.8 Å². The number of rotatable bonds is 2. The van der Waals surface area contributed by atoms with Crippen LogP contribution in [-0.2, 0) is 19.9 Å². The molecule has 0 aliphatic carbocycles. The Bertz CT molecular complexity index is 2010. The average molecular weight is 561 g/mol. The van der Waals surface area contributed by atoms with Gasteiger partial charge in [-0.25, -0.2) is 4.57 Å². The standard InChI is InChI=1S/C37H38NS2/c1-21-23-11-9-10-12-24(23)28(20-37(5,6)7)35-31(21)33-32-25(15-16-38(33)8)34-27(18-30(32)40-35)26-17-22(19-36(2,3)4)13-14-29(26)39-34/h9-18H,19-20H2,1-8H3/q+1. The van der Waals surface area contributed by atoms with Crippen LogP contribution in [0.25, 0.3) is 53.0 Å². The molecule has 2 aromatic heterocycles. The maximum atomic E-state index is 2.51. The molecule has 0 bridgehead atoms. The Labute approximate surface area is 246 Å². The third-order valence-electron chi connectivity index (χ3n) is 8.30. The second-order valence-corrected chi connectivity index (χ2v) is 16.3. The SMILES string of the molecule is Cc1c2c(c(CC(C)(C)C)c3ccccc13)Sc1cc3c4cc(CC(C)(C)C)ccc4sc3c3cc[n+](C)c-2c13. The fourth-order valence-corrected chi connectivity index (χ4v) is 9.32. The zero-order valence-electron chi connectivity index (χ0n) is 25.0. The van der Waals surface area contributed by atoms with Gasteiger partial charge in [0.25, 0.3) is 0 Å². The number of nitrogens with zero attached hydrogens (tertiary/aromatic N) is 1. The molecule has 4 aromatic carbocycles. The van der Waals surface area contributed by atoms with Crippen molar-refractivity contribution in [2.45, 2.75) is 71.1 Å². The summed E-state index contributed by atoms with van der Waals surface area (Å²) in [6.07, 6.45) is 4.43. The lowest BCUT2D eigenvalue weighted by Gasteiger charge is -2.28. The van der Waals surface area contributed by atoms with Crippen LogP contribution in [-0.4, -0.2) is 0 Å². The van der Waals surface area contributed by atoms with Crippen LogP contribution in [0.4, 0.5) is 0 Å². The average Bonchev–Trinajstić information content (AvgIpc) is 3.24. The molecular weight excluding hydrogens is 523 g/mol. The number of hydrogen-bond donors (Lipinski definition) is 0. The first-order chi connectivity index (χ1) is 18.9. The number of aromatic nitrogens is 1. The van der Waals surface area contributed by atoms with Gasteiger partial charge < -0.3 is 0 Å². The zero-order valence-corrected chi connectivity index (χ0v) is 26.6. The smallest absolute Gasteiger partial charge is 0.200 e. The van der Waals surface area contributed by atoms with Crippen LogP contribution in [0.15, 0.2) is 70.6 Å². The molecule has 0 saturated heterocycles. The molecule has 202 valence electrons. The molecule has 0 atom stereocenters. The molecule has 0 amide bonds. The van der Waals surface area contributed by atoms with E-state index in [1.807, 2.05) is 23.1 Å². The highest BCUT2D eigenvalue weighted by Crippen LogP contribution is 2.54. The lowest BCUT2D eigenvalue weighted by molar-refractivity contribution is -0.659. The van der Waals surface area contributed by atoms with Crippen molar-refractivity contribution >= 4 is 64.8 Å². The molecular formula is C37H38NS2+. The van der Waals surface area contributed by atoms with Crippen LogP contribution in [0.2, 0.25) is 0 Å². The second kappa shape index (κ2) is 8.81. The van der Waals surface area contributed by atoms with Gasteiger partial charge in [-0.05, 0) is 76.3 Å². The first kappa shape index (κ1) is 26.0. The molecule has 0 spiro atoms. The Morgan fingerprint density at radius 1 is 0.750 bits per heavy atom. The largest absolute Gasteiger partial charge is 0.222 e. The van der Waals surface area contributed by atoms with Crippen LogP contribution in [0.3, 0.4) is 0 Å². The zero-order chi connectivity index (χ0) is 28.1. The molecule has 0 N–H and O–H groups in total. The highest BCUT2D eigenvalue weighted by molar-refractivity contribution is 8.00. The van der Waals surface area contributed by atoms with Gasteiger partial charge in [0.05, 0.1) is 10.9 Å². The van der Waals surface area contributed by atoms with Crippen molar-refractivity contribution in [1.82, 2.24) is 0 Å². The van der Waals surface area contributed by atoms with E-state index in [9.17, 15) is 0 Å². The van der Waals surface area contributed by atoms with E-state index in [2.05, 4.69) is 121 Å². The van der Waals surface area contributed by atoms with Crippen molar-refractivity contribution < 1.29 is 4.57 Å². The summed E-state index contributed by atoms with van der Waals surface area (Å²) in [7, 11) is 2.23. The summed E-state index contributed by atoms with van der Waals surface area (Å²) in [4.78, 5) is 2.85. The van der Waals surface area contributed by atoms with Crippen molar-refractivity contribution in [2.24, 2.45) is 17.9 Å². The number of aryl methyl sites for hydroxylation is 2. The van der Waals surface area contributed by atoms with Gasteiger partial charge in [0, 0.05) is 41.4 Å². The number of benzene rings is 4. The summed E-state index contributed by atoms with van der Waals surface area (Å²) in [5.41, 5.74) is 7.58. The summed E-state index contributed by atoms with van der Waals surface area (Å²) in [5.74, 6) is 0. The fraction of sp³-hybridized carbons (Fsp3) is 0.324. The van der Waals surface area contributed by atoms with Gasteiger partial charge in [0.2, 0.25) is 5.69 Å². The maximum Gasteiger partial charge on any atom is 0.222 e. The Hall–Kier alpha value is -2.88. The van der Waals surface area contributed by atoms with Crippen LogP contribution >= 0.6 is 23.1 Å². The van der Waals surface area contributed by atoms with Gasteiger partial charge in [-0.3, -0.25) is 0 Å². The van der Waals surface area contributed by atoms with E-state index in [4.69, 9.17) is 0 Å². The molecule has 0 radical (unpaired) electrons. The Balaban J connectivity index is 1.58. The molecule has 1 nitrogen and oxygen atoms in total. The van der Waals surface area contributed by atoms with Crippen LogP contribution in [0.5, 0.6) is 0 Å². The predicted molar refractivity (Wildman–Crippen MR) is 176 cm³/mol. The van der Waals surface area contributed by atoms with E-state index < -0.39 is 0 Å². The number of hydrogen-bond acceptors (Lipinski definition) is 2. The highest BCUT2D eigenvalue weighted by Gasteiger charge is 2.33. The van der Waals surface area contributed by atoms with E-state index in [1.165, 1.54) is 79.5 Å². The molecule has 3 heterocycles. The lowest BCUT2D eigenvalue weighted by Crippen LogP contribution is -2.32. The molecule has 0 fully saturated rings. The molecule has 6 aromatic rings. The minimum absolute atomic E-state index is 0.192. The van der Waals surface area contributed by atoms with E-state index >= 15 is 0 Å². The number of fused-ring (bicyclic) bond motifs is 7. The topological polar surface area (TPSA) is 3.88 Å². The van der Waals surface area contributed by atoms with Gasteiger partial charge in [-0.1, -0.05) is 83.6 Å². The summed E-state index contributed by atoms with van der Waals surface area (Å²) in [6, 6.07) is 21.1. The van der Waals surface area contributed by atoms with E-state index in [1.54, 1.807) is 0 Å². The lowest BCUT2D eigenvalue weighted by atomic mass is 9.83. The molecule has 0 unspecified atom stereocenters. The van der Waals surface area contributed by atoms with Crippen LogP contribution in [0.1, 0.15) is 58.2 Å². The number of thiophene rings is 1. The first-order valence-corrected chi connectivity index (χ1v) is 16.1. The molecule has 7 rings (SSSR count). The van der Waals surface area contributed by atoms with Gasteiger partial charge in [0.1, 0.15) is 7.05 Å². The maximum absolute atomic E-state index is 2.51. The third-order valence-corrected chi connectivity index (χ3v) is 10.7. The molecule has 3 heteroatoms. The third kappa shape index (κ3) is 4.08. The summed E-state index contributed by atoms with van der Waals surface area (Å²) < 4.78 is 5.17.